The number of para-hydroxylation sites is 2. The molecule has 1 aliphatic rings. The average molecular weight is 328 g/mol. The first kappa shape index (κ1) is 13.7. The van der Waals surface area contributed by atoms with Gasteiger partial charge in [-0.25, -0.2) is 4.90 Å². The van der Waals surface area contributed by atoms with Crippen molar-refractivity contribution in [3.8, 4) is 0 Å². The Bertz CT molecular complexity index is 1170. The molecule has 3 heterocycles. The molecule has 2 N–H and O–H groups in total. The predicted octanol–water partition coefficient (Wildman–Crippen LogP) is 3.00. The minimum Gasteiger partial charge on any atom is -0.354 e. The quantitative estimate of drug-likeness (QED) is 0.555. The zero-order valence-corrected chi connectivity index (χ0v) is 13.0. The van der Waals surface area contributed by atoms with Gasteiger partial charge >= 0.3 is 0 Å². The molecule has 6 heteroatoms. The first-order valence-electron chi connectivity index (χ1n) is 7.84. The average Bonchev–Trinajstić information content (AvgIpc) is 3.30. The zero-order chi connectivity index (χ0) is 17.0. The molecule has 0 unspecified atom stereocenters. The third kappa shape index (κ3) is 1.94. The Hall–Kier alpha value is -3.67. The fourth-order valence-electron chi connectivity index (χ4n) is 3.20. The number of nitrogens with zero attached hydrogens (tertiary/aromatic N) is 2. The third-order valence-corrected chi connectivity index (χ3v) is 4.40. The summed E-state index contributed by atoms with van der Waals surface area (Å²) in [6.45, 7) is 0. The second-order valence-corrected chi connectivity index (χ2v) is 5.90. The van der Waals surface area contributed by atoms with Crippen LogP contribution < -0.4 is 4.90 Å². The fourth-order valence-corrected chi connectivity index (χ4v) is 3.20. The van der Waals surface area contributed by atoms with Crippen LogP contribution in [-0.4, -0.2) is 27.0 Å². The molecule has 0 radical (unpaired) electrons. The summed E-state index contributed by atoms with van der Waals surface area (Å²) in [5, 5.41) is 8.74. The van der Waals surface area contributed by atoms with Gasteiger partial charge in [0.25, 0.3) is 11.8 Å². The number of carbonyl (C=O) groups is 2. The van der Waals surface area contributed by atoms with E-state index in [0.717, 1.165) is 26.7 Å². The highest BCUT2D eigenvalue weighted by atomic mass is 16.2. The molecule has 6 nitrogen and oxygen atoms in total. The molecule has 2 aromatic heterocycles. The summed E-state index contributed by atoms with van der Waals surface area (Å²) in [6, 6.07) is 17.0. The molecule has 0 spiro atoms. The molecule has 1 aliphatic heterocycles. The number of aromatic nitrogens is 3. The van der Waals surface area contributed by atoms with E-state index in [2.05, 4.69) is 15.2 Å². The fraction of sp³-hybridized carbons (Fsp3) is 0. The molecular weight excluding hydrogens is 316 g/mol. The largest absolute Gasteiger partial charge is 0.354 e. The number of carbonyl (C=O) groups excluding carboxylic acids is 2. The summed E-state index contributed by atoms with van der Waals surface area (Å²) >= 11 is 0. The van der Waals surface area contributed by atoms with Crippen molar-refractivity contribution in [3.05, 3.63) is 66.4 Å². The monoisotopic (exact) mass is 328 g/mol. The first-order valence-corrected chi connectivity index (χ1v) is 7.84. The first-order chi connectivity index (χ1) is 12.2. The van der Waals surface area contributed by atoms with Crippen LogP contribution in [0.15, 0.2) is 60.7 Å². The van der Waals surface area contributed by atoms with Gasteiger partial charge in [0.1, 0.15) is 0 Å². The number of hydrogen-bond acceptors (Lipinski definition) is 3. The second kappa shape index (κ2) is 4.91. The lowest BCUT2D eigenvalue weighted by atomic mass is 10.2. The molecule has 2 amide bonds. The molecule has 0 fully saturated rings. The summed E-state index contributed by atoms with van der Waals surface area (Å²) in [4.78, 5) is 29.7. The van der Waals surface area contributed by atoms with Crippen LogP contribution in [0.3, 0.4) is 0 Å². The smallest absolute Gasteiger partial charge is 0.268 e. The van der Waals surface area contributed by atoms with Crippen molar-refractivity contribution in [2.24, 2.45) is 0 Å². The lowest BCUT2D eigenvalue weighted by molar-refractivity contribution is -0.119. The van der Waals surface area contributed by atoms with Crippen LogP contribution in [-0.2, 0) is 9.59 Å². The molecule has 0 atom stereocenters. The van der Waals surface area contributed by atoms with Crippen molar-refractivity contribution in [3.63, 3.8) is 0 Å². The van der Waals surface area contributed by atoms with Crippen molar-refractivity contribution in [1.82, 2.24) is 15.2 Å². The maximum absolute atomic E-state index is 12.9. The van der Waals surface area contributed by atoms with Crippen molar-refractivity contribution in [1.29, 1.82) is 0 Å². The number of imide groups is 1. The maximum atomic E-state index is 12.9. The Balaban J connectivity index is 1.60. The number of rotatable bonds is 2. The molecule has 5 rings (SSSR count). The maximum Gasteiger partial charge on any atom is 0.268 e. The van der Waals surface area contributed by atoms with Crippen LogP contribution in [0, 0.1) is 0 Å². The Kier molecular flexibility index (Phi) is 2.70. The molecule has 0 saturated carbocycles. The van der Waals surface area contributed by atoms with Crippen LogP contribution in [0.4, 0.5) is 5.82 Å². The van der Waals surface area contributed by atoms with Gasteiger partial charge < -0.3 is 4.98 Å². The number of amides is 2. The van der Waals surface area contributed by atoms with E-state index in [1.807, 2.05) is 54.6 Å². The van der Waals surface area contributed by atoms with Crippen molar-refractivity contribution < 1.29 is 9.59 Å². The van der Waals surface area contributed by atoms with Gasteiger partial charge in [0.2, 0.25) is 0 Å². The highest BCUT2D eigenvalue weighted by Crippen LogP contribution is 2.32. The lowest BCUT2D eigenvalue weighted by Gasteiger charge is -2.11. The molecule has 25 heavy (non-hydrogen) atoms. The molecular formula is C19H12N4O2. The van der Waals surface area contributed by atoms with Gasteiger partial charge in [-0.1, -0.05) is 30.3 Å². The number of fused-ring (bicyclic) bond motifs is 2. The van der Waals surface area contributed by atoms with Crippen molar-refractivity contribution in [2.45, 2.75) is 0 Å². The Morgan fingerprint density at radius 2 is 1.68 bits per heavy atom. The van der Waals surface area contributed by atoms with E-state index in [9.17, 15) is 9.59 Å². The van der Waals surface area contributed by atoms with Gasteiger partial charge in [-0.3, -0.25) is 14.7 Å². The normalized spacial score (nSPS) is 14.7. The number of H-pyrrole nitrogens is 2. The Morgan fingerprint density at radius 1 is 0.920 bits per heavy atom. The number of benzene rings is 2. The highest BCUT2D eigenvalue weighted by molar-refractivity contribution is 6.44. The van der Waals surface area contributed by atoms with E-state index in [-0.39, 0.29) is 5.91 Å². The van der Waals surface area contributed by atoms with Gasteiger partial charge in [-0.2, -0.15) is 5.10 Å². The zero-order valence-electron chi connectivity index (χ0n) is 13.0. The summed E-state index contributed by atoms with van der Waals surface area (Å²) < 4.78 is 0. The summed E-state index contributed by atoms with van der Waals surface area (Å²) in [5.74, 6) is -0.447. The predicted molar refractivity (Wildman–Crippen MR) is 94.9 cm³/mol. The van der Waals surface area contributed by atoms with E-state index in [4.69, 9.17) is 0 Å². The molecule has 120 valence electrons. The Morgan fingerprint density at radius 3 is 2.52 bits per heavy atom. The van der Waals surface area contributed by atoms with E-state index >= 15 is 0 Å². The van der Waals surface area contributed by atoms with Crippen LogP contribution in [0.5, 0.6) is 0 Å². The molecule has 4 aromatic rings. The van der Waals surface area contributed by atoms with E-state index in [0.29, 0.717) is 17.1 Å². The minimum absolute atomic E-state index is 0.327. The van der Waals surface area contributed by atoms with E-state index in [1.54, 1.807) is 0 Å². The van der Waals surface area contributed by atoms with Gasteiger partial charge in [-0.05, 0) is 24.3 Å². The van der Waals surface area contributed by atoms with Crippen LogP contribution in [0.25, 0.3) is 27.4 Å². The third-order valence-electron chi connectivity index (χ3n) is 4.40. The van der Waals surface area contributed by atoms with E-state index < -0.39 is 5.91 Å². The molecule has 0 saturated heterocycles. The number of anilines is 1. The van der Waals surface area contributed by atoms with Gasteiger partial charge in [0, 0.05) is 22.4 Å². The molecule has 2 aromatic carbocycles. The number of nitrogens with one attached hydrogen (secondary N) is 2. The summed E-state index contributed by atoms with van der Waals surface area (Å²) in [7, 11) is 0. The van der Waals surface area contributed by atoms with Crippen LogP contribution in [0.2, 0.25) is 0 Å². The lowest BCUT2D eigenvalue weighted by Crippen LogP contribution is -2.31. The van der Waals surface area contributed by atoms with Gasteiger partial charge in [0.05, 0.1) is 16.8 Å². The Labute approximate surface area is 141 Å². The number of aromatic amines is 2. The topological polar surface area (TPSA) is 81.8 Å². The van der Waals surface area contributed by atoms with E-state index in [1.165, 1.54) is 6.08 Å². The molecule has 0 bridgehead atoms. The standard InChI is InChI=1S/C19H12N4O2/c24-17-10-13(16-9-11-5-1-3-7-14(11)20-16)19(25)23(17)18-12-6-2-4-8-15(12)21-22-18/h1-10,20H,(H,21,22). The highest BCUT2D eigenvalue weighted by Gasteiger charge is 2.36. The van der Waals surface area contributed by atoms with Crippen LogP contribution in [0.1, 0.15) is 5.69 Å². The van der Waals surface area contributed by atoms with Crippen LogP contribution >= 0.6 is 0 Å². The SMILES string of the molecule is O=C1C=C(c2cc3ccccc3[nH]2)C(=O)N1c1n[nH]c2ccccc12. The summed E-state index contributed by atoms with van der Waals surface area (Å²) in [5.41, 5.74) is 2.66. The van der Waals surface area contributed by atoms with Crippen molar-refractivity contribution in [2.75, 3.05) is 4.90 Å². The second-order valence-electron chi connectivity index (χ2n) is 5.90. The van der Waals surface area contributed by atoms with Gasteiger partial charge in [0.15, 0.2) is 5.82 Å². The minimum atomic E-state index is -0.393. The van der Waals surface area contributed by atoms with Crippen molar-refractivity contribution >= 4 is 45.0 Å². The summed E-state index contributed by atoms with van der Waals surface area (Å²) in [6.07, 6.45) is 1.36. The molecule has 0 aliphatic carbocycles. The van der Waals surface area contributed by atoms with Gasteiger partial charge in [-0.15, -0.1) is 0 Å². The number of hydrogen-bond donors (Lipinski definition) is 2.